The van der Waals surface area contributed by atoms with Crippen LogP contribution in [0.1, 0.15) is 161 Å². The molecule has 16 heteroatoms. The van der Waals surface area contributed by atoms with Gasteiger partial charge in [-0.15, -0.1) is 11.3 Å². The summed E-state index contributed by atoms with van der Waals surface area (Å²) in [6.07, 6.45) is 17.5. The number of likely N-dealkylation sites (tertiary alicyclic amines) is 2. The van der Waals surface area contributed by atoms with Crippen molar-refractivity contribution in [3.05, 3.63) is 113 Å². The van der Waals surface area contributed by atoms with E-state index in [1.807, 2.05) is 81.4 Å². The van der Waals surface area contributed by atoms with Crippen molar-refractivity contribution >= 4 is 52.9 Å². The zero-order chi connectivity index (χ0) is 53.0. The molecular weight excluding hydrogens is 953 g/mol. The third kappa shape index (κ3) is 17.4. The Morgan fingerprint density at radius 2 is 1.49 bits per heavy atom. The van der Waals surface area contributed by atoms with Crippen molar-refractivity contribution in [2.24, 2.45) is 11.3 Å². The van der Waals surface area contributed by atoms with Crippen LogP contribution in [0.3, 0.4) is 0 Å². The Bertz CT molecular complexity index is 2480. The minimum atomic E-state index is -0.872. The summed E-state index contributed by atoms with van der Waals surface area (Å²) in [5, 5.41) is 22.6. The molecular formula is C58H78N8O7S. The van der Waals surface area contributed by atoms with E-state index in [4.69, 9.17) is 0 Å². The molecule has 74 heavy (non-hydrogen) atoms. The second kappa shape index (κ2) is 28.4. The summed E-state index contributed by atoms with van der Waals surface area (Å²) in [6, 6.07) is 16.6. The molecule has 2 aliphatic rings. The van der Waals surface area contributed by atoms with Gasteiger partial charge in [-0.25, -0.2) is 4.98 Å². The van der Waals surface area contributed by atoms with Crippen LogP contribution in [-0.2, 0) is 19.2 Å². The average Bonchev–Trinajstić information content (AvgIpc) is 4.02. The number of amides is 6. The predicted molar refractivity (Wildman–Crippen MR) is 291 cm³/mol. The molecule has 2 aromatic heterocycles. The van der Waals surface area contributed by atoms with Crippen LogP contribution in [0.5, 0.6) is 0 Å². The summed E-state index contributed by atoms with van der Waals surface area (Å²) < 4.78 is 0. The Morgan fingerprint density at radius 3 is 2.15 bits per heavy atom. The lowest BCUT2D eigenvalue weighted by Crippen LogP contribution is -2.57. The van der Waals surface area contributed by atoms with Crippen LogP contribution in [0.4, 0.5) is 0 Å². The number of pyridine rings is 1. The van der Waals surface area contributed by atoms with E-state index >= 15 is 0 Å². The largest absolute Gasteiger partial charge is 0.391 e. The fraction of sp³-hybridized carbons (Fsp3) is 0.517. The number of thiazole rings is 1. The first-order chi connectivity index (χ1) is 35.6. The Morgan fingerprint density at radius 1 is 0.824 bits per heavy atom. The maximum Gasteiger partial charge on any atom is 0.253 e. The van der Waals surface area contributed by atoms with Crippen molar-refractivity contribution in [3.63, 3.8) is 0 Å². The van der Waals surface area contributed by atoms with Crippen LogP contribution in [0.15, 0.2) is 84.6 Å². The molecule has 2 saturated heterocycles. The number of aliphatic hydroxyl groups is 1. The lowest BCUT2D eigenvalue weighted by atomic mass is 9.85. The Balaban J connectivity index is 0.800. The first-order valence-corrected chi connectivity index (χ1v) is 27.6. The Kier molecular flexibility index (Phi) is 21.9. The molecule has 6 amide bonds. The number of hydrogen-bond donors (Lipinski definition) is 5. The summed E-state index contributed by atoms with van der Waals surface area (Å²) in [5.41, 5.74) is 6.12. The highest BCUT2D eigenvalue weighted by Crippen LogP contribution is 2.30. The topological polar surface area (TPSA) is 203 Å². The molecule has 0 bridgehead atoms. The van der Waals surface area contributed by atoms with Crippen LogP contribution in [-0.4, -0.2) is 111 Å². The second-order valence-corrected chi connectivity index (χ2v) is 21.9. The summed E-state index contributed by atoms with van der Waals surface area (Å²) in [6.45, 7) is 12.2. The van der Waals surface area contributed by atoms with E-state index in [-0.39, 0.29) is 60.9 Å². The van der Waals surface area contributed by atoms with Gasteiger partial charge in [-0.3, -0.25) is 33.8 Å². The Labute approximate surface area is 441 Å². The zero-order valence-corrected chi connectivity index (χ0v) is 44.9. The van der Waals surface area contributed by atoms with E-state index in [0.29, 0.717) is 49.6 Å². The number of hydrogen-bond acceptors (Lipinski definition) is 10. The SMILES string of the molecule is Cc1ncsc1-c1ccc(C(C)NC(=O)C2CC(O)CN2C(=O)C(NC(=O)CCCCCCCCCNC(=O)c2ccc(C(=O)N3CCC(CCCCNC(=O)C=Cc4cccnc4)CC3)cc2)C(C)(C)C)cc1. The molecule has 5 N–H and O–H groups in total. The number of carbonyl (C=O) groups excluding carboxylic acids is 6. The molecule has 2 aliphatic heterocycles. The van der Waals surface area contributed by atoms with E-state index in [1.165, 1.54) is 11.0 Å². The molecule has 0 saturated carbocycles. The summed E-state index contributed by atoms with van der Waals surface area (Å²) >= 11 is 1.58. The average molecular weight is 1030 g/mol. The van der Waals surface area contributed by atoms with Gasteiger partial charge in [0.15, 0.2) is 0 Å². The smallest absolute Gasteiger partial charge is 0.253 e. The van der Waals surface area contributed by atoms with Crippen LogP contribution >= 0.6 is 11.3 Å². The highest BCUT2D eigenvalue weighted by Gasteiger charge is 2.44. The minimum Gasteiger partial charge on any atom is -0.391 e. The van der Waals surface area contributed by atoms with Crippen LogP contribution in [0.25, 0.3) is 16.5 Å². The highest BCUT2D eigenvalue weighted by molar-refractivity contribution is 7.13. The molecule has 15 nitrogen and oxygen atoms in total. The van der Waals surface area contributed by atoms with E-state index in [2.05, 4.69) is 31.2 Å². The number of β-amino-alcohol motifs (C(OH)–C–C–N with tert-alkyl or cyclic N) is 1. The van der Waals surface area contributed by atoms with Gasteiger partial charge in [0.25, 0.3) is 11.8 Å². The van der Waals surface area contributed by atoms with Gasteiger partial charge in [0.05, 0.1) is 28.2 Å². The molecule has 4 unspecified atom stereocenters. The van der Waals surface area contributed by atoms with Gasteiger partial charge in [-0.2, -0.15) is 0 Å². The first-order valence-electron chi connectivity index (χ1n) is 26.7. The van der Waals surface area contributed by atoms with Crippen LogP contribution in [0.2, 0.25) is 0 Å². The highest BCUT2D eigenvalue weighted by atomic mass is 32.1. The molecule has 0 spiro atoms. The minimum absolute atomic E-state index is 0.00817. The van der Waals surface area contributed by atoms with Crippen molar-refractivity contribution in [1.29, 1.82) is 0 Å². The molecule has 398 valence electrons. The Hall–Kier alpha value is -6.26. The molecule has 4 heterocycles. The molecule has 2 aromatic carbocycles. The van der Waals surface area contributed by atoms with Gasteiger partial charge < -0.3 is 36.2 Å². The van der Waals surface area contributed by atoms with Crippen LogP contribution in [0, 0.1) is 18.3 Å². The number of rotatable bonds is 25. The van der Waals surface area contributed by atoms with Crippen molar-refractivity contribution in [2.45, 2.75) is 149 Å². The van der Waals surface area contributed by atoms with Crippen molar-refractivity contribution in [1.82, 2.24) is 41.0 Å². The third-order valence-corrected chi connectivity index (χ3v) is 15.1. The van der Waals surface area contributed by atoms with Gasteiger partial charge in [0, 0.05) is 75.2 Å². The normalized spacial score (nSPS) is 16.9. The summed E-state index contributed by atoms with van der Waals surface area (Å²) in [5.74, 6) is -0.646. The van der Waals surface area contributed by atoms with Gasteiger partial charge >= 0.3 is 0 Å². The first kappa shape index (κ1) is 57.0. The molecule has 2 fully saturated rings. The summed E-state index contributed by atoms with van der Waals surface area (Å²) in [4.78, 5) is 92.0. The predicted octanol–water partition coefficient (Wildman–Crippen LogP) is 8.59. The molecule has 4 atom stereocenters. The quantitative estimate of drug-likeness (QED) is 0.0318. The molecule has 0 aliphatic carbocycles. The van der Waals surface area contributed by atoms with E-state index in [0.717, 1.165) is 97.9 Å². The van der Waals surface area contributed by atoms with E-state index < -0.39 is 23.6 Å². The molecule has 6 rings (SSSR count). The monoisotopic (exact) mass is 1030 g/mol. The molecule has 0 radical (unpaired) electrons. The maximum absolute atomic E-state index is 14.1. The fourth-order valence-electron chi connectivity index (χ4n) is 9.69. The van der Waals surface area contributed by atoms with Crippen LogP contribution < -0.4 is 21.3 Å². The van der Waals surface area contributed by atoms with Gasteiger partial charge in [0.1, 0.15) is 12.1 Å². The number of aryl methyl sites for hydroxylation is 1. The number of unbranched alkanes of at least 4 members (excludes halogenated alkanes) is 7. The lowest BCUT2D eigenvalue weighted by molar-refractivity contribution is -0.144. The maximum atomic E-state index is 14.1. The number of nitrogens with one attached hydrogen (secondary N) is 4. The third-order valence-electron chi connectivity index (χ3n) is 14.2. The van der Waals surface area contributed by atoms with Gasteiger partial charge in [-0.1, -0.05) is 96.0 Å². The number of aromatic nitrogens is 2. The van der Waals surface area contributed by atoms with E-state index in [9.17, 15) is 33.9 Å². The van der Waals surface area contributed by atoms with Gasteiger partial charge in [0.2, 0.25) is 23.6 Å². The number of benzene rings is 2. The van der Waals surface area contributed by atoms with Crippen molar-refractivity contribution < 1.29 is 33.9 Å². The van der Waals surface area contributed by atoms with Crippen molar-refractivity contribution in [3.8, 4) is 10.4 Å². The molecule has 4 aromatic rings. The summed E-state index contributed by atoms with van der Waals surface area (Å²) in [7, 11) is 0. The fourth-order valence-corrected chi connectivity index (χ4v) is 10.5. The zero-order valence-electron chi connectivity index (χ0n) is 44.1. The number of piperidine rings is 1. The van der Waals surface area contributed by atoms with Crippen molar-refractivity contribution in [2.75, 3.05) is 32.7 Å². The standard InChI is InChI=1S/C58H78N8O7S/c1-40(44-20-22-45(23-21-44)52-41(2)62-39-74-52)63-55(71)49-36-48(67)38-66(49)57(73)53(58(3,4)5)64-51(69)18-11-9-7-6-8-10-13-33-61-54(70)46-24-26-47(27-25-46)56(72)65-34-29-42(30-35-65)16-12-14-32-60-50(68)28-19-43-17-15-31-59-37-43/h15,17,19-28,31,37,39-40,42,48-49,53,67H,6-14,16,18,29-30,32-36,38H2,1-5H3,(H,60,68)(H,61,70)(H,63,71)(H,64,69). The van der Waals surface area contributed by atoms with Gasteiger partial charge in [-0.05, 0) is 110 Å². The number of nitrogens with zero attached hydrogens (tertiary/aromatic N) is 4. The number of carbonyl (C=O) groups is 6. The number of aliphatic hydroxyl groups excluding tert-OH is 1. The second-order valence-electron chi connectivity index (χ2n) is 21.1. The van der Waals surface area contributed by atoms with E-state index in [1.54, 1.807) is 54.1 Å². The lowest BCUT2D eigenvalue weighted by Gasteiger charge is -2.35.